The largest absolute Gasteiger partial charge is 0.508 e. The molecule has 28 heavy (non-hydrogen) atoms. The first kappa shape index (κ1) is 17.5. The molecule has 1 amide bonds. The lowest BCUT2D eigenvalue weighted by Crippen LogP contribution is -2.17. The maximum Gasteiger partial charge on any atom is 0.251 e. The van der Waals surface area contributed by atoms with Gasteiger partial charge < -0.3 is 15.7 Å². The Labute approximate surface area is 161 Å². The molecule has 0 unspecified atom stereocenters. The van der Waals surface area contributed by atoms with Gasteiger partial charge in [-0.2, -0.15) is 4.98 Å². The van der Waals surface area contributed by atoms with E-state index in [0.29, 0.717) is 17.9 Å². The van der Waals surface area contributed by atoms with Gasteiger partial charge in [-0.3, -0.25) is 4.79 Å². The van der Waals surface area contributed by atoms with Crippen LogP contribution >= 0.6 is 0 Å². The number of carbonyl (C=O) groups excluding carboxylic acids is 1. The summed E-state index contributed by atoms with van der Waals surface area (Å²) in [5, 5.41) is 20.0. The van der Waals surface area contributed by atoms with Crippen molar-refractivity contribution in [3.63, 3.8) is 0 Å². The van der Waals surface area contributed by atoms with Gasteiger partial charge in [0.25, 0.3) is 5.91 Å². The van der Waals surface area contributed by atoms with E-state index in [1.807, 2.05) is 42.5 Å². The Morgan fingerprint density at radius 1 is 1.07 bits per heavy atom. The predicted octanol–water partition coefficient (Wildman–Crippen LogP) is 3.13. The molecule has 7 heteroatoms. The number of phenols is 1. The minimum Gasteiger partial charge on any atom is -0.508 e. The Hall–Kier alpha value is -3.87. The van der Waals surface area contributed by atoms with E-state index in [2.05, 4.69) is 20.7 Å². The highest BCUT2D eigenvalue weighted by Gasteiger charge is 2.09. The fourth-order valence-corrected chi connectivity index (χ4v) is 3.00. The third-order valence-corrected chi connectivity index (χ3v) is 4.36. The molecular weight excluding hydrogens is 354 g/mol. The maximum absolute atomic E-state index is 11.6. The van der Waals surface area contributed by atoms with Gasteiger partial charge in [-0.1, -0.05) is 18.2 Å². The molecule has 0 fully saturated rings. The monoisotopic (exact) mass is 373 g/mol. The molecule has 7 nitrogen and oxygen atoms in total. The smallest absolute Gasteiger partial charge is 0.251 e. The number of aromatic hydroxyl groups is 1. The normalized spacial score (nSPS) is 10.8. The standard InChI is InChI=1S/C21H19N5O2/c1-22-20(28)15-8-10-16(11-9-15)23-21-24-19-7-3-5-17(26(19)25-21)12-14-4-2-6-18(27)13-14/h2-11,13,27H,12H2,1H3,(H,22,28)(H,23,25). The fourth-order valence-electron chi connectivity index (χ4n) is 3.00. The number of carbonyl (C=O) groups is 1. The van der Waals surface area contributed by atoms with Crippen LogP contribution in [-0.2, 0) is 6.42 Å². The van der Waals surface area contributed by atoms with E-state index in [0.717, 1.165) is 22.6 Å². The number of pyridine rings is 1. The van der Waals surface area contributed by atoms with E-state index >= 15 is 0 Å². The molecule has 4 aromatic rings. The lowest BCUT2D eigenvalue weighted by atomic mass is 10.1. The third kappa shape index (κ3) is 3.64. The lowest BCUT2D eigenvalue weighted by molar-refractivity contribution is 0.0963. The summed E-state index contributed by atoms with van der Waals surface area (Å²) >= 11 is 0. The van der Waals surface area contributed by atoms with Gasteiger partial charge in [0.15, 0.2) is 5.65 Å². The van der Waals surface area contributed by atoms with Crippen molar-refractivity contribution in [2.24, 2.45) is 0 Å². The van der Waals surface area contributed by atoms with Crippen molar-refractivity contribution in [3.8, 4) is 5.75 Å². The zero-order valence-electron chi connectivity index (χ0n) is 15.3. The number of nitrogens with one attached hydrogen (secondary N) is 2. The van der Waals surface area contributed by atoms with Gasteiger partial charge in [0, 0.05) is 30.4 Å². The second-order valence-electron chi connectivity index (χ2n) is 6.35. The van der Waals surface area contributed by atoms with Gasteiger partial charge in [0.05, 0.1) is 0 Å². The number of aromatic nitrogens is 3. The number of amides is 1. The van der Waals surface area contributed by atoms with E-state index in [1.165, 1.54) is 0 Å². The molecule has 0 aliphatic carbocycles. The van der Waals surface area contributed by atoms with Crippen LogP contribution in [0.2, 0.25) is 0 Å². The minimum atomic E-state index is -0.131. The van der Waals surface area contributed by atoms with Crippen LogP contribution in [0, 0.1) is 0 Å². The van der Waals surface area contributed by atoms with Gasteiger partial charge >= 0.3 is 0 Å². The first-order valence-corrected chi connectivity index (χ1v) is 8.84. The second-order valence-corrected chi connectivity index (χ2v) is 6.35. The quantitative estimate of drug-likeness (QED) is 0.500. The highest BCUT2D eigenvalue weighted by Crippen LogP contribution is 2.19. The summed E-state index contributed by atoms with van der Waals surface area (Å²) in [6, 6.07) is 20.1. The average Bonchev–Trinajstić information content (AvgIpc) is 3.11. The van der Waals surface area contributed by atoms with Gasteiger partial charge in [-0.25, -0.2) is 4.52 Å². The number of hydrogen-bond donors (Lipinski definition) is 3. The van der Waals surface area contributed by atoms with Crippen LogP contribution in [0.25, 0.3) is 5.65 Å². The number of fused-ring (bicyclic) bond motifs is 1. The molecule has 2 heterocycles. The van der Waals surface area contributed by atoms with Crippen molar-refractivity contribution in [2.75, 3.05) is 12.4 Å². The topological polar surface area (TPSA) is 91.5 Å². The number of phenolic OH excluding ortho intramolecular Hbond substituents is 1. The van der Waals surface area contributed by atoms with Crippen molar-refractivity contribution >= 4 is 23.2 Å². The number of nitrogens with zero attached hydrogens (tertiary/aromatic N) is 3. The minimum absolute atomic E-state index is 0.131. The Bertz CT molecular complexity index is 1140. The molecule has 3 N–H and O–H groups in total. The summed E-state index contributed by atoms with van der Waals surface area (Å²) in [5.41, 5.74) is 4.05. The van der Waals surface area contributed by atoms with E-state index in [1.54, 1.807) is 35.8 Å². The second kappa shape index (κ2) is 7.40. The number of hydrogen-bond acceptors (Lipinski definition) is 5. The van der Waals surface area contributed by atoms with Crippen molar-refractivity contribution in [2.45, 2.75) is 6.42 Å². The van der Waals surface area contributed by atoms with E-state index in [4.69, 9.17) is 0 Å². The zero-order valence-corrected chi connectivity index (χ0v) is 15.3. The first-order valence-electron chi connectivity index (χ1n) is 8.84. The van der Waals surface area contributed by atoms with Crippen LogP contribution in [0.15, 0.2) is 66.7 Å². The fraction of sp³-hybridized carbons (Fsp3) is 0.0952. The molecule has 0 spiro atoms. The summed E-state index contributed by atoms with van der Waals surface area (Å²) in [4.78, 5) is 16.1. The average molecular weight is 373 g/mol. The van der Waals surface area contributed by atoms with Crippen LogP contribution in [0.5, 0.6) is 5.75 Å². The molecule has 0 aliphatic rings. The number of anilines is 2. The Morgan fingerprint density at radius 2 is 1.86 bits per heavy atom. The zero-order chi connectivity index (χ0) is 19.5. The molecule has 140 valence electrons. The highest BCUT2D eigenvalue weighted by atomic mass is 16.3. The van der Waals surface area contributed by atoms with Gasteiger partial charge in [-0.05, 0) is 54.1 Å². The third-order valence-electron chi connectivity index (χ3n) is 4.36. The van der Waals surface area contributed by atoms with E-state index < -0.39 is 0 Å². The molecular formula is C21H19N5O2. The Morgan fingerprint density at radius 3 is 2.61 bits per heavy atom. The molecule has 4 rings (SSSR count). The van der Waals surface area contributed by atoms with Crippen LogP contribution < -0.4 is 10.6 Å². The number of rotatable bonds is 5. The van der Waals surface area contributed by atoms with Crippen LogP contribution in [-0.4, -0.2) is 32.7 Å². The van der Waals surface area contributed by atoms with Gasteiger partial charge in [-0.15, -0.1) is 5.10 Å². The molecule has 2 aromatic carbocycles. The Balaban J connectivity index is 1.58. The molecule has 0 radical (unpaired) electrons. The molecule has 0 bridgehead atoms. The summed E-state index contributed by atoms with van der Waals surface area (Å²) in [7, 11) is 1.60. The molecule has 0 saturated carbocycles. The first-order chi connectivity index (χ1) is 13.6. The summed E-state index contributed by atoms with van der Waals surface area (Å²) in [6.45, 7) is 0. The van der Waals surface area contributed by atoms with E-state index in [-0.39, 0.29) is 11.7 Å². The highest BCUT2D eigenvalue weighted by molar-refractivity contribution is 5.94. The van der Waals surface area contributed by atoms with Crippen LogP contribution in [0.1, 0.15) is 21.6 Å². The SMILES string of the molecule is CNC(=O)c1ccc(Nc2nc3cccc(Cc4cccc(O)c4)n3n2)cc1. The summed E-state index contributed by atoms with van der Waals surface area (Å²) in [6.07, 6.45) is 0.620. The van der Waals surface area contributed by atoms with Crippen LogP contribution in [0.4, 0.5) is 11.6 Å². The van der Waals surface area contributed by atoms with E-state index in [9.17, 15) is 9.90 Å². The lowest BCUT2D eigenvalue weighted by Gasteiger charge is -2.05. The molecule has 0 saturated heterocycles. The van der Waals surface area contributed by atoms with Crippen molar-refractivity contribution < 1.29 is 9.90 Å². The molecule has 0 atom stereocenters. The number of benzene rings is 2. The molecule has 2 aromatic heterocycles. The summed E-state index contributed by atoms with van der Waals surface area (Å²) < 4.78 is 1.78. The van der Waals surface area contributed by atoms with Crippen molar-refractivity contribution in [3.05, 3.63) is 83.6 Å². The van der Waals surface area contributed by atoms with Crippen molar-refractivity contribution in [1.29, 1.82) is 0 Å². The maximum atomic E-state index is 11.6. The van der Waals surface area contributed by atoms with Gasteiger partial charge in [0.1, 0.15) is 5.75 Å². The molecule has 0 aliphatic heterocycles. The van der Waals surface area contributed by atoms with Crippen molar-refractivity contribution in [1.82, 2.24) is 19.9 Å². The Kier molecular flexibility index (Phi) is 4.63. The predicted molar refractivity (Wildman–Crippen MR) is 107 cm³/mol. The van der Waals surface area contributed by atoms with Crippen LogP contribution in [0.3, 0.4) is 0 Å². The van der Waals surface area contributed by atoms with Gasteiger partial charge in [0.2, 0.25) is 5.95 Å². The summed E-state index contributed by atoms with van der Waals surface area (Å²) in [5.74, 6) is 0.580.